The fourth-order valence-corrected chi connectivity index (χ4v) is 4.07. The van der Waals surface area contributed by atoms with Crippen molar-refractivity contribution >= 4 is 34.8 Å². The van der Waals surface area contributed by atoms with E-state index in [4.69, 9.17) is 17.3 Å². The van der Waals surface area contributed by atoms with Gasteiger partial charge in [0.15, 0.2) is 0 Å². The van der Waals surface area contributed by atoms with Crippen molar-refractivity contribution in [2.24, 2.45) is 11.7 Å². The Labute approximate surface area is 149 Å². The predicted molar refractivity (Wildman–Crippen MR) is 95.1 cm³/mol. The van der Waals surface area contributed by atoms with Gasteiger partial charge in [0.1, 0.15) is 9.88 Å². The standard InChI is InChI=1S/C17H18ClN3O2S/c1-10-14(17(23)21-7-5-11(6-8-21)15(19)22)24-16(20-10)12-3-2-4-13(18)9-12/h2-4,9,11H,5-8H2,1H3,(H2,19,22). The number of halogens is 1. The fourth-order valence-electron chi connectivity index (χ4n) is 2.85. The lowest BCUT2D eigenvalue weighted by atomic mass is 9.96. The Balaban J connectivity index is 1.78. The van der Waals surface area contributed by atoms with Gasteiger partial charge in [-0.25, -0.2) is 4.98 Å². The maximum atomic E-state index is 12.8. The van der Waals surface area contributed by atoms with Crippen molar-refractivity contribution in [1.82, 2.24) is 9.88 Å². The van der Waals surface area contributed by atoms with Gasteiger partial charge in [0.2, 0.25) is 5.91 Å². The molecular weight excluding hydrogens is 346 g/mol. The molecule has 2 amide bonds. The summed E-state index contributed by atoms with van der Waals surface area (Å²) in [6.07, 6.45) is 1.25. The zero-order valence-corrected chi connectivity index (χ0v) is 14.9. The zero-order valence-electron chi connectivity index (χ0n) is 13.3. The third-order valence-electron chi connectivity index (χ3n) is 4.25. The molecule has 1 saturated heterocycles. The first-order chi connectivity index (χ1) is 11.5. The summed E-state index contributed by atoms with van der Waals surface area (Å²) in [6.45, 7) is 2.94. The van der Waals surface area contributed by atoms with Crippen LogP contribution in [0.1, 0.15) is 28.2 Å². The summed E-state index contributed by atoms with van der Waals surface area (Å²) in [5, 5.41) is 1.42. The van der Waals surface area contributed by atoms with E-state index in [2.05, 4.69) is 4.98 Å². The SMILES string of the molecule is Cc1nc(-c2cccc(Cl)c2)sc1C(=O)N1CCC(C(N)=O)CC1. The third-order valence-corrected chi connectivity index (χ3v) is 5.68. The fraction of sp³-hybridized carbons (Fsp3) is 0.353. The van der Waals surface area contributed by atoms with Crippen LogP contribution in [0, 0.1) is 12.8 Å². The largest absolute Gasteiger partial charge is 0.369 e. The number of hydrogen-bond acceptors (Lipinski definition) is 4. The molecule has 126 valence electrons. The van der Waals surface area contributed by atoms with Crippen molar-refractivity contribution < 1.29 is 9.59 Å². The second kappa shape index (κ2) is 6.91. The predicted octanol–water partition coefficient (Wildman–Crippen LogP) is 3.11. The van der Waals surface area contributed by atoms with Crippen LogP contribution in [0.4, 0.5) is 0 Å². The lowest BCUT2D eigenvalue weighted by molar-refractivity contribution is -0.123. The van der Waals surface area contributed by atoms with Crippen molar-refractivity contribution in [3.8, 4) is 10.6 Å². The lowest BCUT2D eigenvalue weighted by Gasteiger charge is -2.30. The van der Waals surface area contributed by atoms with Gasteiger partial charge in [-0.15, -0.1) is 11.3 Å². The smallest absolute Gasteiger partial charge is 0.265 e. The van der Waals surface area contributed by atoms with E-state index >= 15 is 0 Å². The molecule has 1 aliphatic rings. The van der Waals surface area contributed by atoms with Gasteiger partial charge in [0, 0.05) is 29.6 Å². The number of aryl methyl sites for hydroxylation is 1. The van der Waals surface area contributed by atoms with E-state index in [1.165, 1.54) is 11.3 Å². The topological polar surface area (TPSA) is 76.3 Å². The Morgan fingerprint density at radius 3 is 2.67 bits per heavy atom. The molecule has 2 aromatic rings. The molecule has 0 saturated carbocycles. The second-order valence-electron chi connectivity index (χ2n) is 5.91. The van der Waals surface area contributed by atoms with Crippen LogP contribution < -0.4 is 5.73 Å². The van der Waals surface area contributed by atoms with Crippen LogP contribution in [-0.4, -0.2) is 34.8 Å². The molecular formula is C17H18ClN3O2S. The minimum Gasteiger partial charge on any atom is -0.369 e. The molecule has 1 fully saturated rings. The number of hydrogen-bond donors (Lipinski definition) is 1. The van der Waals surface area contributed by atoms with Gasteiger partial charge in [-0.1, -0.05) is 23.7 Å². The molecule has 0 bridgehead atoms. The van der Waals surface area contributed by atoms with E-state index in [0.29, 0.717) is 35.8 Å². The Morgan fingerprint density at radius 1 is 1.33 bits per heavy atom. The second-order valence-corrected chi connectivity index (χ2v) is 7.35. The highest BCUT2D eigenvalue weighted by Crippen LogP contribution is 2.31. The lowest BCUT2D eigenvalue weighted by Crippen LogP contribution is -2.41. The van der Waals surface area contributed by atoms with Crippen molar-refractivity contribution in [1.29, 1.82) is 0 Å². The number of primary amides is 1. The number of nitrogens with two attached hydrogens (primary N) is 1. The molecule has 1 aliphatic heterocycles. The summed E-state index contributed by atoms with van der Waals surface area (Å²) < 4.78 is 0. The molecule has 7 heteroatoms. The Hall–Kier alpha value is -1.92. The molecule has 3 rings (SSSR count). The van der Waals surface area contributed by atoms with Crippen LogP contribution in [0.5, 0.6) is 0 Å². The Kier molecular flexibility index (Phi) is 4.87. The number of likely N-dealkylation sites (tertiary alicyclic amines) is 1. The quantitative estimate of drug-likeness (QED) is 0.910. The van der Waals surface area contributed by atoms with Gasteiger partial charge < -0.3 is 10.6 Å². The molecule has 2 N–H and O–H groups in total. The number of nitrogens with zero attached hydrogens (tertiary/aromatic N) is 2. The summed E-state index contributed by atoms with van der Waals surface area (Å²) in [5.74, 6) is -0.431. The van der Waals surface area contributed by atoms with E-state index in [-0.39, 0.29) is 17.7 Å². The van der Waals surface area contributed by atoms with Crippen molar-refractivity contribution in [3.05, 3.63) is 39.9 Å². The number of carbonyl (C=O) groups excluding carboxylic acids is 2. The number of benzene rings is 1. The molecule has 0 unspecified atom stereocenters. The minimum atomic E-state index is -0.278. The molecule has 1 aromatic heterocycles. The first kappa shape index (κ1) is 16.9. The maximum absolute atomic E-state index is 12.8. The molecule has 0 atom stereocenters. The van der Waals surface area contributed by atoms with E-state index in [1.807, 2.05) is 25.1 Å². The van der Waals surface area contributed by atoms with Crippen LogP contribution in [-0.2, 0) is 4.79 Å². The first-order valence-corrected chi connectivity index (χ1v) is 8.97. The normalized spacial score (nSPS) is 15.5. The van der Waals surface area contributed by atoms with Gasteiger partial charge >= 0.3 is 0 Å². The van der Waals surface area contributed by atoms with Gasteiger partial charge in [0.25, 0.3) is 5.91 Å². The monoisotopic (exact) mass is 363 g/mol. The van der Waals surface area contributed by atoms with E-state index in [1.54, 1.807) is 11.0 Å². The van der Waals surface area contributed by atoms with E-state index in [0.717, 1.165) is 16.3 Å². The summed E-state index contributed by atoms with van der Waals surface area (Å²) in [7, 11) is 0. The number of piperidine rings is 1. The first-order valence-electron chi connectivity index (χ1n) is 7.77. The highest BCUT2D eigenvalue weighted by atomic mass is 35.5. The van der Waals surface area contributed by atoms with Gasteiger partial charge in [-0.3, -0.25) is 9.59 Å². The van der Waals surface area contributed by atoms with Crippen LogP contribution >= 0.6 is 22.9 Å². The van der Waals surface area contributed by atoms with Crippen LogP contribution in [0.15, 0.2) is 24.3 Å². The number of thiazole rings is 1. The summed E-state index contributed by atoms with van der Waals surface area (Å²) in [5.41, 5.74) is 6.97. The average Bonchev–Trinajstić information content (AvgIpc) is 2.96. The van der Waals surface area contributed by atoms with Crippen molar-refractivity contribution in [2.45, 2.75) is 19.8 Å². The Bertz CT molecular complexity index is 782. The van der Waals surface area contributed by atoms with Gasteiger partial charge in [-0.2, -0.15) is 0 Å². The third kappa shape index (κ3) is 3.44. The van der Waals surface area contributed by atoms with Crippen molar-refractivity contribution in [3.63, 3.8) is 0 Å². The summed E-state index contributed by atoms with van der Waals surface area (Å²) >= 11 is 7.41. The average molecular weight is 364 g/mol. The molecule has 0 spiro atoms. The van der Waals surface area contributed by atoms with Crippen LogP contribution in [0.2, 0.25) is 5.02 Å². The minimum absolute atomic E-state index is 0.0267. The number of aromatic nitrogens is 1. The number of rotatable bonds is 3. The molecule has 5 nitrogen and oxygen atoms in total. The molecule has 24 heavy (non-hydrogen) atoms. The van der Waals surface area contributed by atoms with Gasteiger partial charge in [-0.05, 0) is 31.9 Å². The molecule has 0 aliphatic carbocycles. The van der Waals surface area contributed by atoms with Crippen molar-refractivity contribution in [2.75, 3.05) is 13.1 Å². The molecule has 2 heterocycles. The van der Waals surface area contributed by atoms with Crippen LogP contribution in [0.3, 0.4) is 0 Å². The summed E-state index contributed by atoms with van der Waals surface area (Å²) in [4.78, 5) is 30.9. The zero-order chi connectivity index (χ0) is 17.3. The van der Waals surface area contributed by atoms with Gasteiger partial charge in [0.05, 0.1) is 5.69 Å². The highest BCUT2D eigenvalue weighted by Gasteiger charge is 2.28. The number of amides is 2. The molecule has 0 radical (unpaired) electrons. The van der Waals surface area contributed by atoms with E-state index in [9.17, 15) is 9.59 Å². The Morgan fingerprint density at radius 2 is 2.04 bits per heavy atom. The van der Waals surface area contributed by atoms with Crippen LogP contribution in [0.25, 0.3) is 10.6 Å². The number of carbonyl (C=O) groups is 2. The van der Waals surface area contributed by atoms with E-state index < -0.39 is 0 Å². The maximum Gasteiger partial charge on any atom is 0.265 e. The molecule has 1 aromatic carbocycles. The summed E-state index contributed by atoms with van der Waals surface area (Å²) in [6, 6.07) is 7.44. The highest BCUT2D eigenvalue weighted by molar-refractivity contribution is 7.17.